The molecule has 0 aliphatic carbocycles. The number of aromatic nitrogens is 1. The van der Waals surface area contributed by atoms with Crippen LogP contribution >= 0.6 is 0 Å². The van der Waals surface area contributed by atoms with E-state index in [0.29, 0.717) is 0 Å². The minimum atomic E-state index is -5.10. The van der Waals surface area contributed by atoms with Crippen molar-refractivity contribution in [3.63, 3.8) is 0 Å². The molecule has 0 fully saturated rings. The Morgan fingerprint density at radius 2 is 2.00 bits per heavy atom. The molecule has 0 spiro atoms. The van der Waals surface area contributed by atoms with Crippen molar-refractivity contribution >= 4 is 5.97 Å². The van der Waals surface area contributed by atoms with Gasteiger partial charge in [0.25, 0.3) is 6.43 Å². The highest BCUT2D eigenvalue weighted by molar-refractivity contribution is 5.91. The van der Waals surface area contributed by atoms with Crippen molar-refractivity contribution in [3.05, 3.63) is 28.8 Å². The first-order valence-electron chi connectivity index (χ1n) is 4.91. The lowest BCUT2D eigenvalue weighted by molar-refractivity contribution is -0.141. The smallest absolute Gasteiger partial charge is 0.433 e. The molecule has 19 heavy (non-hydrogen) atoms. The minimum absolute atomic E-state index is 0.127. The topological polar surface area (TPSA) is 39.2 Å². The zero-order chi connectivity index (χ0) is 14.8. The second kappa shape index (κ2) is 5.45. The summed E-state index contributed by atoms with van der Waals surface area (Å²) in [5.74, 6) is -3.24. The molecule has 1 heterocycles. The molecule has 0 saturated heterocycles. The van der Waals surface area contributed by atoms with Crippen LogP contribution in [0.5, 0.6) is 0 Å². The Balaban J connectivity index is 3.44. The van der Waals surface area contributed by atoms with Gasteiger partial charge in [-0.15, -0.1) is 0 Å². The van der Waals surface area contributed by atoms with E-state index in [0.717, 1.165) is 0 Å². The van der Waals surface area contributed by atoms with Gasteiger partial charge in [-0.2, -0.15) is 13.2 Å². The van der Waals surface area contributed by atoms with Crippen LogP contribution in [0.3, 0.4) is 0 Å². The number of esters is 1. The lowest BCUT2D eigenvalue weighted by Gasteiger charge is -2.12. The first-order valence-corrected chi connectivity index (χ1v) is 4.91. The number of hydrogen-bond donors (Lipinski definition) is 0. The van der Waals surface area contributed by atoms with E-state index in [1.54, 1.807) is 0 Å². The van der Waals surface area contributed by atoms with E-state index < -0.39 is 41.3 Å². The fourth-order valence-electron chi connectivity index (χ4n) is 1.24. The van der Waals surface area contributed by atoms with Crippen molar-refractivity contribution in [2.24, 2.45) is 0 Å². The number of ether oxygens (including phenoxy) is 1. The molecule has 1 aromatic rings. The first-order chi connectivity index (χ1) is 8.68. The summed E-state index contributed by atoms with van der Waals surface area (Å²) in [5, 5.41) is 0. The largest absolute Gasteiger partial charge is 0.462 e. The fraction of sp³-hybridized carbons (Fsp3) is 0.400. The summed E-state index contributed by atoms with van der Waals surface area (Å²) in [6.07, 6.45) is -8.64. The predicted molar refractivity (Wildman–Crippen MR) is 50.1 cm³/mol. The molecule has 0 atom stereocenters. The number of nitrogens with zero attached hydrogens (tertiary/aromatic N) is 1. The molecule has 0 aliphatic heterocycles. The highest BCUT2D eigenvalue weighted by Crippen LogP contribution is 2.32. The van der Waals surface area contributed by atoms with E-state index in [1.807, 2.05) is 0 Å². The summed E-state index contributed by atoms with van der Waals surface area (Å²) in [7, 11) is 0. The Kier molecular flexibility index (Phi) is 4.38. The second-order valence-electron chi connectivity index (χ2n) is 3.27. The van der Waals surface area contributed by atoms with Crippen molar-refractivity contribution in [1.82, 2.24) is 4.98 Å². The van der Waals surface area contributed by atoms with E-state index in [-0.39, 0.29) is 12.7 Å². The number of halogens is 6. The maximum absolute atomic E-state index is 13.4. The normalized spacial score (nSPS) is 11.8. The van der Waals surface area contributed by atoms with Crippen molar-refractivity contribution in [1.29, 1.82) is 0 Å². The van der Waals surface area contributed by atoms with Gasteiger partial charge < -0.3 is 4.74 Å². The van der Waals surface area contributed by atoms with Crippen molar-refractivity contribution < 1.29 is 35.9 Å². The zero-order valence-corrected chi connectivity index (χ0v) is 9.39. The lowest BCUT2D eigenvalue weighted by atomic mass is 10.1. The Bertz CT molecular complexity index is 486. The van der Waals surface area contributed by atoms with E-state index in [1.165, 1.54) is 6.92 Å². The third-order valence-electron chi connectivity index (χ3n) is 1.98. The lowest BCUT2D eigenvalue weighted by Crippen LogP contribution is -2.17. The monoisotopic (exact) mass is 287 g/mol. The number of rotatable bonds is 3. The molecule has 0 aliphatic rings. The molecule has 106 valence electrons. The van der Waals surface area contributed by atoms with Gasteiger partial charge in [-0.05, 0) is 6.92 Å². The van der Waals surface area contributed by atoms with Gasteiger partial charge in [0.1, 0.15) is 22.8 Å². The standard InChI is InChI=1S/C10H7F6NO2/c1-2-19-9(18)6-4(11)3-5(10(14,15)16)17-7(6)8(12)13/h3,8H,2H2,1H3. The molecule has 0 bridgehead atoms. The van der Waals surface area contributed by atoms with Gasteiger partial charge in [-0.3, -0.25) is 0 Å². The summed E-state index contributed by atoms with van der Waals surface area (Å²) in [6, 6.07) is -0.127. The zero-order valence-electron chi connectivity index (χ0n) is 9.39. The molecule has 0 unspecified atom stereocenters. The van der Waals surface area contributed by atoms with Gasteiger partial charge in [0.2, 0.25) is 0 Å². The molecule has 0 radical (unpaired) electrons. The summed E-state index contributed by atoms with van der Waals surface area (Å²) < 4.78 is 79.7. The van der Waals surface area contributed by atoms with E-state index >= 15 is 0 Å². The van der Waals surface area contributed by atoms with Gasteiger partial charge in [0, 0.05) is 6.07 Å². The van der Waals surface area contributed by atoms with Gasteiger partial charge in [-0.25, -0.2) is 22.9 Å². The van der Waals surface area contributed by atoms with Crippen LogP contribution in [0.4, 0.5) is 26.3 Å². The maximum atomic E-state index is 13.4. The number of pyridine rings is 1. The SMILES string of the molecule is CCOC(=O)c1c(F)cc(C(F)(F)F)nc1C(F)F. The average molecular weight is 287 g/mol. The van der Waals surface area contributed by atoms with Gasteiger partial charge >= 0.3 is 12.1 Å². The summed E-state index contributed by atoms with van der Waals surface area (Å²) in [5.41, 5.74) is -4.72. The summed E-state index contributed by atoms with van der Waals surface area (Å²) in [6.45, 7) is 1.08. The van der Waals surface area contributed by atoms with Crippen LogP contribution in [0.1, 0.15) is 35.1 Å². The molecule has 3 nitrogen and oxygen atoms in total. The van der Waals surface area contributed by atoms with Crippen LogP contribution < -0.4 is 0 Å². The Labute approximate surface area is 103 Å². The highest BCUT2D eigenvalue weighted by atomic mass is 19.4. The van der Waals surface area contributed by atoms with Gasteiger partial charge in [0.05, 0.1) is 6.61 Å². The number of carbonyl (C=O) groups is 1. The van der Waals surface area contributed by atoms with E-state index in [2.05, 4.69) is 9.72 Å². The summed E-state index contributed by atoms with van der Waals surface area (Å²) in [4.78, 5) is 13.8. The quantitative estimate of drug-likeness (QED) is 0.632. The average Bonchev–Trinajstić information content (AvgIpc) is 2.26. The predicted octanol–water partition coefficient (Wildman–Crippen LogP) is 3.35. The maximum Gasteiger partial charge on any atom is 0.433 e. The fourth-order valence-corrected chi connectivity index (χ4v) is 1.24. The molecular weight excluding hydrogens is 280 g/mol. The van der Waals surface area contributed by atoms with Crippen LogP contribution in [0.15, 0.2) is 6.07 Å². The van der Waals surface area contributed by atoms with Crippen LogP contribution in [0.25, 0.3) is 0 Å². The third-order valence-corrected chi connectivity index (χ3v) is 1.98. The van der Waals surface area contributed by atoms with Crippen molar-refractivity contribution in [2.45, 2.75) is 19.5 Å². The van der Waals surface area contributed by atoms with Gasteiger partial charge in [-0.1, -0.05) is 0 Å². The molecule has 1 aromatic heterocycles. The first kappa shape index (κ1) is 15.3. The van der Waals surface area contributed by atoms with Crippen LogP contribution in [-0.4, -0.2) is 17.6 Å². The molecule has 0 N–H and O–H groups in total. The summed E-state index contributed by atoms with van der Waals surface area (Å²) >= 11 is 0. The Morgan fingerprint density at radius 1 is 1.42 bits per heavy atom. The Morgan fingerprint density at radius 3 is 2.42 bits per heavy atom. The van der Waals surface area contributed by atoms with Gasteiger partial charge in [0.15, 0.2) is 0 Å². The number of carbonyl (C=O) groups excluding carboxylic acids is 1. The minimum Gasteiger partial charge on any atom is -0.462 e. The molecule has 0 saturated carbocycles. The van der Waals surface area contributed by atoms with Crippen LogP contribution in [0, 0.1) is 5.82 Å². The number of hydrogen-bond acceptors (Lipinski definition) is 3. The van der Waals surface area contributed by atoms with Crippen molar-refractivity contribution in [2.75, 3.05) is 6.61 Å². The van der Waals surface area contributed by atoms with Crippen molar-refractivity contribution in [3.8, 4) is 0 Å². The van der Waals surface area contributed by atoms with E-state index in [4.69, 9.17) is 0 Å². The highest BCUT2D eigenvalue weighted by Gasteiger charge is 2.37. The van der Waals surface area contributed by atoms with Crippen LogP contribution in [0.2, 0.25) is 0 Å². The molecule has 0 amide bonds. The third kappa shape index (κ3) is 3.36. The second-order valence-corrected chi connectivity index (χ2v) is 3.27. The number of alkyl halides is 5. The molecule has 1 rings (SSSR count). The van der Waals surface area contributed by atoms with Crippen LogP contribution in [-0.2, 0) is 10.9 Å². The van der Waals surface area contributed by atoms with E-state index in [9.17, 15) is 31.1 Å². The Hall–Kier alpha value is -1.80. The molecule has 0 aromatic carbocycles. The molecule has 9 heteroatoms. The molecular formula is C10H7F6NO2.